The highest BCUT2D eigenvalue weighted by atomic mass is 32.1. The summed E-state index contributed by atoms with van der Waals surface area (Å²) in [6.07, 6.45) is 2.86. The van der Waals surface area contributed by atoms with E-state index in [4.69, 9.17) is 0 Å². The number of nitrogens with zero attached hydrogens (tertiary/aromatic N) is 1. The Morgan fingerprint density at radius 3 is 2.83 bits per heavy atom. The SMILES string of the molecule is O=C(O)[C@H](CCc1ncc(-c2ccccc2)[nH]1)NCc1ccsc1. The number of carboxylic acids is 1. The Kier molecular flexibility index (Phi) is 5.40. The number of hydrogen-bond donors (Lipinski definition) is 3. The van der Waals surface area contributed by atoms with Crippen LogP contribution >= 0.6 is 11.3 Å². The number of aromatic nitrogens is 2. The van der Waals surface area contributed by atoms with Gasteiger partial charge in [0.25, 0.3) is 0 Å². The molecule has 2 aromatic heterocycles. The molecule has 2 heterocycles. The monoisotopic (exact) mass is 341 g/mol. The topological polar surface area (TPSA) is 78.0 Å². The number of H-pyrrole nitrogens is 1. The first kappa shape index (κ1) is 16.4. The first-order valence-electron chi connectivity index (χ1n) is 7.79. The number of hydrogen-bond acceptors (Lipinski definition) is 4. The summed E-state index contributed by atoms with van der Waals surface area (Å²) in [4.78, 5) is 19.0. The fourth-order valence-electron chi connectivity index (χ4n) is 2.48. The van der Waals surface area contributed by atoms with Gasteiger partial charge in [0.05, 0.1) is 11.9 Å². The lowest BCUT2D eigenvalue weighted by Gasteiger charge is -2.13. The van der Waals surface area contributed by atoms with Crippen LogP contribution in [0.2, 0.25) is 0 Å². The van der Waals surface area contributed by atoms with Crippen LogP contribution in [0.1, 0.15) is 17.8 Å². The molecule has 0 aliphatic carbocycles. The van der Waals surface area contributed by atoms with Gasteiger partial charge in [0.2, 0.25) is 0 Å². The van der Waals surface area contributed by atoms with E-state index in [1.807, 2.05) is 47.2 Å². The molecule has 0 unspecified atom stereocenters. The Morgan fingerprint density at radius 1 is 1.29 bits per heavy atom. The first-order chi connectivity index (χ1) is 11.7. The van der Waals surface area contributed by atoms with Crippen LogP contribution < -0.4 is 5.32 Å². The van der Waals surface area contributed by atoms with E-state index < -0.39 is 12.0 Å². The van der Waals surface area contributed by atoms with Crippen LogP contribution in [0.3, 0.4) is 0 Å². The molecule has 1 atom stereocenters. The van der Waals surface area contributed by atoms with Gasteiger partial charge < -0.3 is 15.4 Å². The zero-order valence-electron chi connectivity index (χ0n) is 13.1. The highest BCUT2D eigenvalue weighted by Crippen LogP contribution is 2.17. The fraction of sp³-hybridized carbons (Fsp3) is 0.222. The number of nitrogens with one attached hydrogen (secondary N) is 2. The summed E-state index contributed by atoms with van der Waals surface area (Å²) in [6.45, 7) is 0.563. The van der Waals surface area contributed by atoms with E-state index in [-0.39, 0.29) is 0 Å². The number of carbonyl (C=O) groups is 1. The molecule has 0 radical (unpaired) electrons. The van der Waals surface area contributed by atoms with Crippen LogP contribution in [0.5, 0.6) is 0 Å². The van der Waals surface area contributed by atoms with Crippen molar-refractivity contribution in [1.29, 1.82) is 0 Å². The van der Waals surface area contributed by atoms with Crippen molar-refractivity contribution in [3.63, 3.8) is 0 Å². The molecule has 0 aliphatic heterocycles. The second-order valence-electron chi connectivity index (χ2n) is 5.55. The standard InChI is InChI=1S/C18H19N3O2S/c22-18(23)15(19-10-13-8-9-24-12-13)6-7-17-20-11-16(21-17)14-4-2-1-3-5-14/h1-5,8-9,11-12,15,19H,6-7,10H2,(H,20,21)(H,22,23)/t15-/m0/s1. The zero-order valence-corrected chi connectivity index (χ0v) is 13.9. The van der Waals surface area contributed by atoms with E-state index >= 15 is 0 Å². The number of carboxylic acid groups (broad SMARTS) is 1. The molecule has 5 nitrogen and oxygen atoms in total. The van der Waals surface area contributed by atoms with Crippen molar-refractivity contribution in [1.82, 2.24) is 15.3 Å². The van der Waals surface area contributed by atoms with Crippen LogP contribution in [0, 0.1) is 0 Å². The number of aromatic amines is 1. The van der Waals surface area contributed by atoms with Crippen LogP contribution in [0.4, 0.5) is 0 Å². The Balaban J connectivity index is 1.56. The molecule has 0 fully saturated rings. The van der Waals surface area contributed by atoms with Crippen LogP contribution in [0.15, 0.2) is 53.4 Å². The predicted octanol–water partition coefficient (Wildman–Crippen LogP) is 3.31. The summed E-state index contributed by atoms with van der Waals surface area (Å²) in [5.41, 5.74) is 3.13. The van der Waals surface area contributed by atoms with Gasteiger partial charge in [0, 0.05) is 13.0 Å². The minimum absolute atomic E-state index is 0.487. The van der Waals surface area contributed by atoms with Crippen molar-refractivity contribution >= 4 is 17.3 Å². The number of thiophene rings is 1. The summed E-state index contributed by atoms with van der Waals surface area (Å²) in [5.74, 6) is -0.0301. The summed E-state index contributed by atoms with van der Waals surface area (Å²) in [6, 6.07) is 11.4. The predicted molar refractivity (Wildman–Crippen MR) is 94.9 cm³/mol. The average Bonchev–Trinajstić information content (AvgIpc) is 3.27. The number of benzene rings is 1. The van der Waals surface area contributed by atoms with Crippen molar-refractivity contribution in [3.8, 4) is 11.3 Å². The van der Waals surface area contributed by atoms with Gasteiger partial charge in [-0.15, -0.1) is 0 Å². The van der Waals surface area contributed by atoms with Gasteiger partial charge in [-0.25, -0.2) is 4.98 Å². The lowest BCUT2D eigenvalue weighted by molar-refractivity contribution is -0.139. The Hall–Kier alpha value is -2.44. The van der Waals surface area contributed by atoms with Crippen molar-refractivity contribution in [2.24, 2.45) is 0 Å². The third-order valence-corrected chi connectivity index (χ3v) is 4.55. The highest BCUT2D eigenvalue weighted by Gasteiger charge is 2.17. The quantitative estimate of drug-likeness (QED) is 0.587. The first-order valence-corrected chi connectivity index (χ1v) is 8.73. The summed E-state index contributed by atoms with van der Waals surface area (Å²) >= 11 is 1.61. The molecule has 0 saturated heterocycles. The molecule has 6 heteroatoms. The van der Waals surface area contributed by atoms with Gasteiger partial charge >= 0.3 is 5.97 Å². The maximum Gasteiger partial charge on any atom is 0.320 e. The molecule has 1 aromatic carbocycles. The van der Waals surface area contributed by atoms with E-state index in [0.717, 1.165) is 22.6 Å². The van der Waals surface area contributed by atoms with Crippen LogP contribution in [-0.2, 0) is 17.8 Å². The van der Waals surface area contributed by atoms with E-state index in [9.17, 15) is 9.90 Å². The van der Waals surface area contributed by atoms with Gasteiger partial charge in [0.15, 0.2) is 0 Å². The second-order valence-corrected chi connectivity index (χ2v) is 6.33. The maximum atomic E-state index is 11.4. The van der Waals surface area contributed by atoms with E-state index in [1.165, 1.54) is 0 Å². The van der Waals surface area contributed by atoms with Gasteiger partial charge in [-0.05, 0) is 34.4 Å². The molecule has 3 aromatic rings. The van der Waals surface area contributed by atoms with Gasteiger partial charge in [-0.2, -0.15) is 11.3 Å². The molecule has 0 aliphatic rings. The number of aryl methyl sites for hydroxylation is 1. The largest absolute Gasteiger partial charge is 0.480 e. The van der Waals surface area contributed by atoms with Crippen molar-refractivity contribution < 1.29 is 9.90 Å². The smallest absolute Gasteiger partial charge is 0.320 e. The zero-order chi connectivity index (χ0) is 16.8. The van der Waals surface area contributed by atoms with E-state index in [1.54, 1.807) is 17.5 Å². The summed E-state index contributed by atoms with van der Waals surface area (Å²) < 4.78 is 0. The third-order valence-electron chi connectivity index (χ3n) is 3.81. The molecule has 0 spiro atoms. The van der Waals surface area contributed by atoms with E-state index in [0.29, 0.717) is 19.4 Å². The molecular formula is C18H19N3O2S. The molecule has 3 N–H and O–H groups in total. The highest BCUT2D eigenvalue weighted by molar-refractivity contribution is 7.07. The third kappa shape index (κ3) is 4.31. The van der Waals surface area contributed by atoms with Crippen LogP contribution in [-0.4, -0.2) is 27.1 Å². The van der Waals surface area contributed by atoms with Crippen molar-refractivity contribution in [2.75, 3.05) is 0 Å². The molecule has 0 bridgehead atoms. The summed E-state index contributed by atoms with van der Waals surface area (Å²) in [5, 5.41) is 16.5. The fourth-order valence-corrected chi connectivity index (χ4v) is 3.15. The normalized spacial score (nSPS) is 12.2. The Bertz CT molecular complexity index is 769. The Morgan fingerprint density at radius 2 is 2.12 bits per heavy atom. The summed E-state index contributed by atoms with van der Waals surface area (Å²) in [7, 11) is 0. The molecule has 0 amide bonds. The van der Waals surface area contributed by atoms with Gasteiger partial charge in [-0.3, -0.25) is 4.79 Å². The second kappa shape index (κ2) is 7.90. The van der Waals surface area contributed by atoms with Crippen LogP contribution in [0.25, 0.3) is 11.3 Å². The van der Waals surface area contributed by atoms with Crippen molar-refractivity contribution in [2.45, 2.75) is 25.4 Å². The number of aliphatic carboxylic acids is 1. The minimum atomic E-state index is -0.833. The Labute approximate surface area is 144 Å². The van der Waals surface area contributed by atoms with Gasteiger partial charge in [0.1, 0.15) is 11.9 Å². The molecule has 124 valence electrons. The molecule has 0 saturated carbocycles. The number of rotatable bonds is 8. The van der Waals surface area contributed by atoms with Crippen molar-refractivity contribution in [3.05, 3.63) is 64.7 Å². The minimum Gasteiger partial charge on any atom is -0.480 e. The van der Waals surface area contributed by atoms with Gasteiger partial charge in [-0.1, -0.05) is 30.3 Å². The lowest BCUT2D eigenvalue weighted by Crippen LogP contribution is -2.36. The molecule has 3 rings (SSSR count). The molecule has 24 heavy (non-hydrogen) atoms. The maximum absolute atomic E-state index is 11.4. The van der Waals surface area contributed by atoms with E-state index in [2.05, 4.69) is 15.3 Å². The number of imidazole rings is 1. The lowest BCUT2D eigenvalue weighted by atomic mass is 10.1. The average molecular weight is 341 g/mol. The molecular weight excluding hydrogens is 322 g/mol.